The van der Waals surface area contributed by atoms with Crippen LogP contribution in [0.5, 0.6) is 23.1 Å². The predicted molar refractivity (Wildman–Crippen MR) is 201 cm³/mol. The summed E-state index contributed by atoms with van der Waals surface area (Å²) in [6.07, 6.45) is 4.09. The first-order valence-corrected chi connectivity index (χ1v) is 17.4. The van der Waals surface area contributed by atoms with Crippen LogP contribution < -0.4 is 24.8 Å². The summed E-state index contributed by atoms with van der Waals surface area (Å²) in [6.45, 7) is 3.17. The molecule has 2 atom stereocenters. The van der Waals surface area contributed by atoms with Gasteiger partial charge in [0, 0.05) is 49.7 Å². The van der Waals surface area contributed by atoms with E-state index in [2.05, 4.69) is 50.9 Å². The highest BCUT2D eigenvalue weighted by molar-refractivity contribution is 7.80. The summed E-state index contributed by atoms with van der Waals surface area (Å²) in [5, 5.41) is 5.71. The van der Waals surface area contributed by atoms with E-state index in [1.807, 2.05) is 30.3 Å². The van der Waals surface area contributed by atoms with Crippen molar-refractivity contribution in [2.45, 2.75) is 20.0 Å². The molecule has 3 aromatic carbocycles. The molecule has 0 saturated carbocycles. The summed E-state index contributed by atoms with van der Waals surface area (Å²) in [4.78, 5) is 34.1. The number of aromatic nitrogens is 2. The number of methoxy groups -OCH3 is 1. The van der Waals surface area contributed by atoms with E-state index >= 15 is 0 Å². The second-order valence-electron chi connectivity index (χ2n) is 12.8. The number of halogens is 1. The number of amides is 2. The maximum atomic E-state index is 14.9. The zero-order valence-corrected chi connectivity index (χ0v) is 29.8. The van der Waals surface area contributed by atoms with E-state index in [1.165, 1.54) is 49.2 Å². The van der Waals surface area contributed by atoms with Gasteiger partial charge in [-0.05, 0) is 65.2 Å². The largest absolute Gasteiger partial charge is 0.493 e. The first-order chi connectivity index (χ1) is 25.7. The number of benzene rings is 4. The van der Waals surface area contributed by atoms with Crippen molar-refractivity contribution in [1.29, 1.82) is 0 Å². The van der Waals surface area contributed by atoms with E-state index < -0.39 is 5.82 Å². The summed E-state index contributed by atoms with van der Waals surface area (Å²) < 4.78 is 38.1. The lowest BCUT2D eigenvalue weighted by atomic mass is 10.0. The van der Waals surface area contributed by atoms with Gasteiger partial charge in [0.25, 0.3) is 0 Å². The maximum Gasteiger partial charge on any atom is 0.410 e. The Bertz CT molecular complexity index is 2200. The van der Waals surface area contributed by atoms with Crippen LogP contribution >= 0.6 is 12.2 Å². The van der Waals surface area contributed by atoms with Gasteiger partial charge in [0.15, 0.2) is 28.2 Å². The van der Waals surface area contributed by atoms with Crippen LogP contribution in [0.3, 0.4) is 0 Å². The Labute approximate surface area is 310 Å². The Morgan fingerprint density at radius 3 is 2.45 bits per heavy atom. The molecule has 270 valence electrons. The average molecular weight is 734 g/mol. The molecule has 2 unspecified atom stereocenters. The van der Waals surface area contributed by atoms with Crippen molar-refractivity contribution in [2.75, 3.05) is 32.1 Å². The number of ether oxygens (including phenoxy) is 4. The lowest BCUT2D eigenvalue weighted by Gasteiger charge is -2.18. The molecule has 2 heterocycles. The van der Waals surface area contributed by atoms with Crippen molar-refractivity contribution in [3.8, 4) is 34.3 Å². The van der Waals surface area contributed by atoms with Crippen molar-refractivity contribution in [1.82, 2.24) is 20.2 Å². The molecule has 4 aromatic rings. The first kappa shape index (κ1) is 35.3. The minimum Gasteiger partial charge on any atom is -0.493 e. The number of hydrogen-bond donors (Lipinski definition) is 2. The molecule has 11 nitrogen and oxygen atoms in total. The highest BCUT2D eigenvalue weighted by Crippen LogP contribution is 2.40. The standard InChI is InChI=1S/C34H32FN5O6S.C6H4/c1-20(41)38-33(47)39-25-8-9-29(27(35)12-25)46-32-26-13-30(43-2)31(14-28(26)36-19-37-32)44-18-22-10-23-15-40(16-24(23)11-22)34(42)45-17-21-6-4-3-5-7-21;1-2-5-4-6(5)3-1/h3-10,12-14,19,22,24H,11,15-18H2,1-2H3,(H2,38,39,41,47);1-4H. The van der Waals surface area contributed by atoms with Crippen LogP contribution in [0.25, 0.3) is 22.0 Å². The van der Waals surface area contributed by atoms with Crippen molar-refractivity contribution >= 4 is 45.9 Å². The Hall–Kier alpha value is -6.08. The number of carbonyl (C=O) groups excluding carboxylic acids is 2. The number of nitrogens with one attached hydrogen (secondary N) is 2. The summed E-state index contributed by atoms with van der Waals surface area (Å²) >= 11 is 5.03. The van der Waals surface area contributed by atoms with E-state index in [-0.39, 0.29) is 47.2 Å². The fourth-order valence-corrected chi connectivity index (χ4v) is 6.63. The fourth-order valence-electron chi connectivity index (χ4n) is 6.37. The summed E-state index contributed by atoms with van der Waals surface area (Å²) in [7, 11) is 1.53. The Morgan fingerprint density at radius 1 is 0.962 bits per heavy atom. The monoisotopic (exact) mass is 733 g/mol. The number of carbonyl (C=O) groups is 2. The molecule has 8 rings (SSSR count). The molecule has 1 aliphatic heterocycles. The molecule has 2 N–H and O–H groups in total. The number of hydrogen-bond acceptors (Lipinski definition) is 9. The van der Waals surface area contributed by atoms with Gasteiger partial charge >= 0.3 is 6.09 Å². The van der Waals surface area contributed by atoms with Gasteiger partial charge in [0.05, 0.1) is 24.6 Å². The van der Waals surface area contributed by atoms with Crippen LogP contribution in [0.15, 0.2) is 103 Å². The molecule has 3 aliphatic carbocycles. The SMILES string of the molecule is COc1cc2c(Oc3ccc(NC(=S)NC(C)=O)cc3F)ncnc2cc1OCC1C=C2CN(C(=O)OCc3ccccc3)CC2C1.c1cc2cc-2c1. The second kappa shape index (κ2) is 15.7. The van der Waals surface area contributed by atoms with Crippen molar-refractivity contribution in [2.24, 2.45) is 11.8 Å². The van der Waals surface area contributed by atoms with Gasteiger partial charge in [0.2, 0.25) is 11.8 Å². The van der Waals surface area contributed by atoms with Crippen molar-refractivity contribution < 1.29 is 32.9 Å². The second-order valence-corrected chi connectivity index (χ2v) is 13.2. The summed E-state index contributed by atoms with van der Waals surface area (Å²) in [5.74, 6) is 0.462. The van der Waals surface area contributed by atoms with Gasteiger partial charge in [-0.25, -0.2) is 19.2 Å². The van der Waals surface area contributed by atoms with Crippen LogP contribution in [0.2, 0.25) is 0 Å². The molecule has 0 spiro atoms. The molecule has 1 aromatic heterocycles. The van der Waals surface area contributed by atoms with Crippen LogP contribution in [0.1, 0.15) is 18.9 Å². The first-order valence-electron chi connectivity index (χ1n) is 17.0. The van der Waals surface area contributed by atoms with Crippen LogP contribution in [-0.4, -0.2) is 58.8 Å². The highest BCUT2D eigenvalue weighted by Gasteiger charge is 2.37. The zero-order chi connectivity index (χ0) is 36.9. The van der Waals surface area contributed by atoms with Gasteiger partial charge in [0.1, 0.15) is 12.9 Å². The minimum atomic E-state index is -0.665. The molecule has 2 amide bonds. The van der Waals surface area contributed by atoms with Crippen LogP contribution in [0.4, 0.5) is 14.9 Å². The minimum absolute atomic E-state index is 0.0494. The number of nitrogens with zero attached hydrogens (tertiary/aromatic N) is 3. The van der Waals surface area contributed by atoms with Crippen LogP contribution in [-0.2, 0) is 16.1 Å². The number of rotatable bonds is 9. The molecule has 53 heavy (non-hydrogen) atoms. The molecule has 13 heteroatoms. The third-order valence-electron chi connectivity index (χ3n) is 8.97. The molecule has 1 saturated heterocycles. The third-order valence-corrected chi connectivity index (χ3v) is 9.18. The number of likely N-dealkylation sites (tertiary alicyclic amines) is 1. The lowest BCUT2D eigenvalue weighted by molar-refractivity contribution is -0.117. The molecular formula is C40H36FN5O6S. The van der Waals surface area contributed by atoms with Gasteiger partial charge in [-0.1, -0.05) is 54.6 Å². The lowest BCUT2D eigenvalue weighted by Crippen LogP contribution is -2.32. The number of fused-ring (bicyclic) bond motifs is 3. The Kier molecular flexibility index (Phi) is 10.4. The average Bonchev–Trinajstić information content (AvgIpc) is 3.41. The smallest absolute Gasteiger partial charge is 0.410 e. The molecule has 4 aliphatic rings. The Morgan fingerprint density at radius 2 is 1.77 bits per heavy atom. The highest BCUT2D eigenvalue weighted by atomic mass is 32.1. The van der Waals surface area contributed by atoms with Gasteiger partial charge in [-0.15, -0.1) is 0 Å². The topological polar surface area (TPSA) is 124 Å². The van der Waals surface area contributed by atoms with Gasteiger partial charge < -0.3 is 34.5 Å². The molecular weight excluding hydrogens is 698 g/mol. The molecule has 1 fully saturated rings. The number of thiocarbonyl (C=S) groups is 1. The molecule has 0 radical (unpaired) electrons. The quantitative estimate of drug-likeness (QED) is 0.113. The van der Waals surface area contributed by atoms with Gasteiger partial charge in [-0.3, -0.25) is 4.79 Å². The van der Waals surface area contributed by atoms with E-state index in [1.54, 1.807) is 23.1 Å². The van der Waals surface area contributed by atoms with E-state index in [0.29, 0.717) is 47.8 Å². The Balaban J connectivity index is 0.000000650. The van der Waals surface area contributed by atoms with Crippen molar-refractivity contribution in [3.05, 3.63) is 114 Å². The summed E-state index contributed by atoms with van der Waals surface area (Å²) in [5.41, 5.74) is 5.89. The maximum absolute atomic E-state index is 14.9. The van der Waals surface area contributed by atoms with Gasteiger partial charge in [-0.2, -0.15) is 0 Å². The zero-order valence-electron chi connectivity index (χ0n) is 29.0. The van der Waals surface area contributed by atoms with E-state index in [4.69, 9.17) is 31.2 Å². The van der Waals surface area contributed by atoms with Crippen molar-refractivity contribution in [3.63, 3.8) is 0 Å². The molecule has 0 bridgehead atoms. The predicted octanol–water partition coefficient (Wildman–Crippen LogP) is 7.66. The van der Waals surface area contributed by atoms with E-state index in [0.717, 1.165) is 12.0 Å². The number of anilines is 1. The third kappa shape index (κ3) is 8.70. The summed E-state index contributed by atoms with van der Waals surface area (Å²) in [6, 6.07) is 25.7. The normalized spacial score (nSPS) is 16.1. The van der Waals surface area contributed by atoms with E-state index in [9.17, 15) is 14.0 Å². The fraction of sp³-hybridized carbons (Fsp3) is 0.225. The van der Waals surface area contributed by atoms with Crippen LogP contribution in [0, 0.1) is 17.7 Å².